The van der Waals surface area contributed by atoms with Gasteiger partial charge in [-0.15, -0.1) is 0 Å². The van der Waals surface area contributed by atoms with E-state index in [0.29, 0.717) is 50.7 Å². The van der Waals surface area contributed by atoms with Crippen molar-refractivity contribution in [1.82, 2.24) is 9.80 Å². The van der Waals surface area contributed by atoms with E-state index in [2.05, 4.69) is 0 Å². The molecule has 0 saturated carbocycles. The van der Waals surface area contributed by atoms with E-state index in [1.54, 1.807) is 29.7 Å². The van der Waals surface area contributed by atoms with Crippen molar-refractivity contribution in [3.63, 3.8) is 0 Å². The lowest BCUT2D eigenvalue weighted by Crippen LogP contribution is -2.51. The number of ether oxygens (including phenoxy) is 2. The number of carbonyl (C=O) groups is 2. The summed E-state index contributed by atoms with van der Waals surface area (Å²) in [5.41, 5.74) is 0.00854. The smallest absolute Gasteiger partial charge is 0.409 e. The number of hydrogen-bond donors (Lipinski definition) is 0. The number of rotatable bonds is 3. The van der Waals surface area contributed by atoms with Gasteiger partial charge in [0.05, 0.1) is 6.61 Å². The summed E-state index contributed by atoms with van der Waals surface area (Å²) in [6, 6.07) is 1.72. The molecule has 2 saturated heterocycles. The lowest BCUT2D eigenvalue weighted by atomic mass is 10.1. The Balaban J connectivity index is 1.70. The third-order valence-corrected chi connectivity index (χ3v) is 4.72. The van der Waals surface area contributed by atoms with Crippen molar-refractivity contribution < 1.29 is 23.5 Å². The van der Waals surface area contributed by atoms with Gasteiger partial charge in [0.1, 0.15) is 17.4 Å². The van der Waals surface area contributed by atoms with Crippen LogP contribution in [0.25, 0.3) is 0 Å². The van der Waals surface area contributed by atoms with Crippen LogP contribution < -0.4 is 5.63 Å². The fraction of sp³-hybridized carbons (Fsp3) is 0.611. The average molecular weight is 364 g/mol. The highest BCUT2D eigenvalue weighted by molar-refractivity contribution is 5.95. The lowest BCUT2D eigenvalue weighted by molar-refractivity contribution is 0.0562. The Kier molecular flexibility index (Phi) is 5.61. The summed E-state index contributed by atoms with van der Waals surface area (Å²) in [5, 5.41) is 0. The van der Waals surface area contributed by atoms with Gasteiger partial charge in [0.2, 0.25) is 0 Å². The van der Waals surface area contributed by atoms with E-state index in [9.17, 15) is 14.4 Å². The zero-order chi connectivity index (χ0) is 18.7. The van der Waals surface area contributed by atoms with E-state index in [4.69, 9.17) is 13.9 Å². The van der Waals surface area contributed by atoms with E-state index in [0.717, 1.165) is 12.8 Å². The van der Waals surface area contributed by atoms with Crippen LogP contribution in [0, 0.1) is 6.92 Å². The standard InChI is InChI=1S/C18H24N2O6/c1-3-24-18(23)20-8-6-19(7-9-20)16(21)15-12(2)11-14(26-17(15)22)13-5-4-10-25-13/h11,13H,3-10H2,1-2H3. The fourth-order valence-corrected chi connectivity index (χ4v) is 3.32. The molecular weight excluding hydrogens is 340 g/mol. The minimum atomic E-state index is -0.631. The number of nitrogens with zero attached hydrogens (tertiary/aromatic N) is 2. The molecule has 3 rings (SSSR count). The van der Waals surface area contributed by atoms with Gasteiger partial charge in [-0.3, -0.25) is 4.79 Å². The predicted molar refractivity (Wildman–Crippen MR) is 92.1 cm³/mol. The molecule has 1 aromatic rings. The number of carbonyl (C=O) groups excluding carboxylic acids is 2. The van der Waals surface area contributed by atoms with Gasteiger partial charge >= 0.3 is 11.7 Å². The summed E-state index contributed by atoms with van der Waals surface area (Å²) in [4.78, 5) is 40.0. The molecule has 0 bridgehead atoms. The van der Waals surface area contributed by atoms with Crippen molar-refractivity contribution in [1.29, 1.82) is 0 Å². The van der Waals surface area contributed by atoms with Crippen molar-refractivity contribution in [3.8, 4) is 0 Å². The molecule has 0 N–H and O–H groups in total. The molecule has 3 heterocycles. The van der Waals surface area contributed by atoms with Crippen molar-refractivity contribution in [2.75, 3.05) is 39.4 Å². The van der Waals surface area contributed by atoms with Gasteiger partial charge in [-0.05, 0) is 38.3 Å². The molecule has 8 nitrogen and oxygen atoms in total. The number of aryl methyl sites for hydroxylation is 1. The number of piperazine rings is 1. The first kappa shape index (κ1) is 18.4. The zero-order valence-corrected chi connectivity index (χ0v) is 15.2. The molecule has 1 atom stereocenters. The minimum Gasteiger partial charge on any atom is -0.450 e. The molecule has 26 heavy (non-hydrogen) atoms. The van der Waals surface area contributed by atoms with E-state index in [1.165, 1.54) is 0 Å². The topological polar surface area (TPSA) is 89.3 Å². The molecular formula is C18H24N2O6. The minimum absolute atomic E-state index is 0.0522. The van der Waals surface area contributed by atoms with Gasteiger partial charge in [-0.25, -0.2) is 9.59 Å². The first-order chi connectivity index (χ1) is 12.5. The monoisotopic (exact) mass is 364 g/mol. The molecule has 1 unspecified atom stereocenters. The molecule has 2 fully saturated rings. The van der Waals surface area contributed by atoms with Gasteiger partial charge in [0, 0.05) is 32.8 Å². The van der Waals surface area contributed by atoms with Crippen LogP contribution in [0.3, 0.4) is 0 Å². The highest BCUT2D eigenvalue weighted by atomic mass is 16.6. The Morgan fingerprint density at radius 2 is 1.92 bits per heavy atom. The molecule has 2 aliphatic heterocycles. The van der Waals surface area contributed by atoms with Crippen LogP contribution in [-0.2, 0) is 9.47 Å². The van der Waals surface area contributed by atoms with E-state index in [1.807, 2.05) is 0 Å². The van der Waals surface area contributed by atoms with Crippen molar-refractivity contribution in [3.05, 3.63) is 33.4 Å². The van der Waals surface area contributed by atoms with Gasteiger partial charge < -0.3 is 23.7 Å². The maximum absolute atomic E-state index is 12.8. The molecule has 142 valence electrons. The third-order valence-electron chi connectivity index (χ3n) is 4.72. The van der Waals surface area contributed by atoms with Gasteiger partial charge in [-0.2, -0.15) is 0 Å². The Labute approximate surface area is 151 Å². The van der Waals surface area contributed by atoms with Crippen LogP contribution >= 0.6 is 0 Å². The van der Waals surface area contributed by atoms with Crippen LogP contribution in [0.4, 0.5) is 4.79 Å². The SMILES string of the molecule is CCOC(=O)N1CCN(C(=O)c2c(C)cc(C3CCCO3)oc2=O)CC1. The fourth-order valence-electron chi connectivity index (χ4n) is 3.32. The van der Waals surface area contributed by atoms with Gasteiger partial charge in [0.15, 0.2) is 0 Å². The first-order valence-corrected chi connectivity index (χ1v) is 8.98. The predicted octanol–water partition coefficient (Wildman–Crippen LogP) is 1.71. The summed E-state index contributed by atoms with van der Waals surface area (Å²) in [5.74, 6) is 0.118. The summed E-state index contributed by atoms with van der Waals surface area (Å²) < 4.78 is 15.9. The second-order valence-electron chi connectivity index (χ2n) is 6.47. The van der Waals surface area contributed by atoms with E-state index in [-0.39, 0.29) is 23.7 Å². The first-order valence-electron chi connectivity index (χ1n) is 8.98. The van der Waals surface area contributed by atoms with Gasteiger partial charge in [-0.1, -0.05) is 0 Å². The van der Waals surface area contributed by atoms with Crippen LogP contribution in [0.15, 0.2) is 15.3 Å². The van der Waals surface area contributed by atoms with Crippen LogP contribution in [-0.4, -0.2) is 61.2 Å². The molecule has 0 radical (unpaired) electrons. The third kappa shape index (κ3) is 3.75. The number of amides is 2. The molecule has 8 heteroatoms. The Morgan fingerprint density at radius 3 is 2.50 bits per heavy atom. The van der Waals surface area contributed by atoms with Crippen LogP contribution in [0.2, 0.25) is 0 Å². The molecule has 0 aromatic carbocycles. The van der Waals surface area contributed by atoms with E-state index >= 15 is 0 Å². The largest absolute Gasteiger partial charge is 0.450 e. The highest BCUT2D eigenvalue weighted by Crippen LogP contribution is 2.28. The summed E-state index contributed by atoms with van der Waals surface area (Å²) in [6.45, 7) is 5.91. The average Bonchev–Trinajstić information content (AvgIpc) is 3.16. The molecule has 2 aliphatic rings. The summed E-state index contributed by atoms with van der Waals surface area (Å²) in [7, 11) is 0. The van der Waals surface area contributed by atoms with Crippen LogP contribution in [0.5, 0.6) is 0 Å². The Morgan fingerprint density at radius 1 is 1.23 bits per heavy atom. The molecule has 0 spiro atoms. The maximum atomic E-state index is 12.8. The van der Waals surface area contributed by atoms with Crippen LogP contribution in [0.1, 0.15) is 47.6 Å². The lowest BCUT2D eigenvalue weighted by Gasteiger charge is -2.34. The molecule has 1 aromatic heterocycles. The Bertz CT molecular complexity index is 730. The second kappa shape index (κ2) is 7.90. The van der Waals surface area contributed by atoms with Crippen molar-refractivity contribution in [2.45, 2.75) is 32.8 Å². The van der Waals surface area contributed by atoms with Crippen molar-refractivity contribution >= 4 is 12.0 Å². The highest BCUT2D eigenvalue weighted by Gasteiger charge is 2.29. The second-order valence-corrected chi connectivity index (χ2v) is 6.47. The van der Waals surface area contributed by atoms with E-state index < -0.39 is 5.63 Å². The van der Waals surface area contributed by atoms with Gasteiger partial charge in [0.25, 0.3) is 5.91 Å². The quantitative estimate of drug-likeness (QED) is 0.811. The summed E-state index contributed by atoms with van der Waals surface area (Å²) >= 11 is 0. The molecule has 0 aliphatic carbocycles. The summed E-state index contributed by atoms with van der Waals surface area (Å²) in [6.07, 6.45) is 1.15. The molecule has 2 amide bonds. The maximum Gasteiger partial charge on any atom is 0.409 e. The normalized spacial score (nSPS) is 20.3. The Hall–Kier alpha value is -2.35. The van der Waals surface area contributed by atoms with Crippen molar-refractivity contribution in [2.24, 2.45) is 0 Å². The zero-order valence-electron chi connectivity index (χ0n) is 15.2. The number of hydrogen-bond acceptors (Lipinski definition) is 6.